The maximum Gasteiger partial charge on any atom is 0.248 e. The molecule has 0 aromatic carbocycles. The Bertz CT molecular complexity index is 211. The number of halogens is 1. The van der Waals surface area contributed by atoms with Crippen LogP contribution in [0.2, 0.25) is 0 Å². The molecule has 2 N–H and O–H groups in total. The third kappa shape index (κ3) is 9.39. The lowest BCUT2D eigenvalue weighted by Gasteiger charge is -2.21. The quantitative estimate of drug-likeness (QED) is 0.763. The smallest absolute Gasteiger partial charge is 0.248 e. The van der Waals surface area contributed by atoms with Gasteiger partial charge in [0.1, 0.15) is 6.61 Å². The van der Waals surface area contributed by atoms with Crippen LogP contribution in [0.5, 0.6) is 0 Å². The second-order valence-electron chi connectivity index (χ2n) is 4.87. The second kappa shape index (κ2) is 9.68. The summed E-state index contributed by atoms with van der Waals surface area (Å²) in [6.45, 7) is 8.87. The molecule has 0 aliphatic heterocycles. The van der Waals surface area contributed by atoms with Crippen LogP contribution in [-0.4, -0.2) is 43.2 Å². The van der Waals surface area contributed by atoms with E-state index in [0.717, 1.165) is 6.42 Å². The predicted molar refractivity (Wildman–Crippen MR) is 73.4 cm³/mol. The summed E-state index contributed by atoms with van der Waals surface area (Å²) in [5, 5.41) is 0. The number of amides is 1. The molecule has 0 heterocycles. The molecule has 17 heavy (non-hydrogen) atoms. The number of hydrogen-bond donors (Lipinski definition) is 1. The van der Waals surface area contributed by atoms with Crippen LogP contribution in [0.4, 0.5) is 0 Å². The Labute approximate surface area is 111 Å². The lowest BCUT2D eigenvalue weighted by Crippen LogP contribution is -2.36. The molecule has 0 aromatic heterocycles. The number of carbonyl (C=O) groups is 1. The molecule has 1 unspecified atom stereocenters. The average molecular weight is 267 g/mol. The largest absolute Gasteiger partial charge is 0.369 e. The molecule has 4 nitrogen and oxygen atoms in total. The average Bonchev–Trinajstić information content (AvgIpc) is 2.21. The first-order valence-corrected chi connectivity index (χ1v) is 5.95. The second-order valence-corrected chi connectivity index (χ2v) is 4.87. The Balaban J connectivity index is 0. The molecule has 0 saturated carbocycles. The Hall–Kier alpha value is -0.320. The standard InChI is InChI=1S/C12H26N2O2.ClH/c1-9(2)11(13)6-7-14(5)12(15)8-16-10(3)4;/h9-11H,6-8,13H2,1-5H3;1H. The molecule has 5 heteroatoms. The molecule has 0 aliphatic rings. The molecule has 0 radical (unpaired) electrons. The number of likely N-dealkylation sites (N-methyl/N-ethyl adjacent to an activating group) is 1. The summed E-state index contributed by atoms with van der Waals surface area (Å²) in [6, 6.07) is 0.154. The van der Waals surface area contributed by atoms with Crippen LogP contribution in [-0.2, 0) is 9.53 Å². The highest BCUT2D eigenvalue weighted by molar-refractivity contribution is 5.85. The Morgan fingerprint density at radius 1 is 1.29 bits per heavy atom. The fraction of sp³-hybridized carbons (Fsp3) is 0.917. The van der Waals surface area contributed by atoms with Gasteiger partial charge in [0.25, 0.3) is 0 Å². The van der Waals surface area contributed by atoms with E-state index in [0.29, 0.717) is 12.5 Å². The zero-order valence-corrected chi connectivity index (χ0v) is 12.4. The van der Waals surface area contributed by atoms with E-state index >= 15 is 0 Å². The summed E-state index contributed by atoms with van der Waals surface area (Å²) in [6.07, 6.45) is 0.928. The first-order valence-electron chi connectivity index (χ1n) is 5.95. The first-order chi connectivity index (χ1) is 7.34. The molecule has 1 amide bonds. The van der Waals surface area contributed by atoms with E-state index in [1.165, 1.54) is 0 Å². The van der Waals surface area contributed by atoms with E-state index in [1.807, 2.05) is 13.8 Å². The number of rotatable bonds is 7. The van der Waals surface area contributed by atoms with Gasteiger partial charge >= 0.3 is 0 Å². The van der Waals surface area contributed by atoms with Crippen molar-refractivity contribution in [2.45, 2.75) is 46.3 Å². The fourth-order valence-electron chi connectivity index (χ4n) is 1.15. The number of carbonyl (C=O) groups excluding carboxylic acids is 1. The lowest BCUT2D eigenvalue weighted by atomic mass is 10.0. The number of nitrogens with two attached hydrogens (primary N) is 1. The molecule has 104 valence electrons. The Morgan fingerprint density at radius 2 is 1.82 bits per heavy atom. The van der Waals surface area contributed by atoms with Gasteiger partial charge in [0.15, 0.2) is 0 Å². The fourth-order valence-corrected chi connectivity index (χ4v) is 1.15. The van der Waals surface area contributed by atoms with Crippen LogP contribution in [0.25, 0.3) is 0 Å². The molecular formula is C12H27ClN2O2. The highest BCUT2D eigenvalue weighted by Crippen LogP contribution is 2.03. The SMILES string of the molecule is CC(C)OCC(=O)N(C)CCC(N)C(C)C.Cl. The van der Waals surface area contributed by atoms with Crippen molar-refractivity contribution in [3.8, 4) is 0 Å². The Morgan fingerprint density at radius 3 is 2.24 bits per heavy atom. The van der Waals surface area contributed by atoms with Crippen molar-refractivity contribution in [2.24, 2.45) is 11.7 Å². The number of hydrogen-bond acceptors (Lipinski definition) is 3. The van der Waals surface area contributed by atoms with Crippen LogP contribution < -0.4 is 5.73 Å². The lowest BCUT2D eigenvalue weighted by molar-refractivity contribution is -0.136. The molecule has 0 aliphatic carbocycles. The zero-order valence-electron chi connectivity index (χ0n) is 11.6. The maximum absolute atomic E-state index is 11.6. The molecule has 1 atom stereocenters. The van der Waals surface area contributed by atoms with Crippen molar-refractivity contribution in [1.82, 2.24) is 4.90 Å². The maximum atomic E-state index is 11.6. The van der Waals surface area contributed by atoms with Crippen LogP contribution in [0.1, 0.15) is 34.1 Å². The van der Waals surface area contributed by atoms with E-state index in [2.05, 4.69) is 13.8 Å². The minimum absolute atomic E-state index is 0. The summed E-state index contributed by atoms with van der Waals surface area (Å²) in [5.41, 5.74) is 5.92. The minimum atomic E-state index is 0. The van der Waals surface area contributed by atoms with Crippen molar-refractivity contribution in [2.75, 3.05) is 20.2 Å². The van der Waals surface area contributed by atoms with Gasteiger partial charge in [0.2, 0.25) is 5.91 Å². The third-order valence-corrected chi connectivity index (χ3v) is 2.62. The monoisotopic (exact) mass is 266 g/mol. The van der Waals surface area contributed by atoms with Gasteiger partial charge in [-0.15, -0.1) is 12.4 Å². The van der Waals surface area contributed by atoms with E-state index in [1.54, 1.807) is 11.9 Å². The molecule has 0 rings (SSSR count). The van der Waals surface area contributed by atoms with Gasteiger partial charge in [-0.2, -0.15) is 0 Å². The van der Waals surface area contributed by atoms with E-state index in [-0.39, 0.29) is 37.1 Å². The molecule has 0 spiro atoms. The van der Waals surface area contributed by atoms with Gasteiger partial charge in [-0.25, -0.2) is 0 Å². The van der Waals surface area contributed by atoms with Gasteiger partial charge in [-0.05, 0) is 26.2 Å². The molecule has 0 fully saturated rings. The van der Waals surface area contributed by atoms with Crippen molar-refractivity contribution in [3.05, 3.63) is 0 Å². The molecule has 0 bridgehead atoms. The van der Waals surface area contributed by atoms with Crippen molar-refractivity contribution >= 4 is 18.3 Å². The summed E-state index contributed by atoms with van der Waals surface area (Å²) in [7, 11) is 1.79. The summed E-state index contributed by atoms with van der Waals surface area (Å²) >= 11 is 0. The Kier molecular flexibility index (Phi) is 10.8. The normalized spacial score (nSPS) is 12.5. The minimum Gasteiger partial charge on any atom is -0.369 e. The van der Waals surface area contributed by atoms with E-state index in [9.17, 15) is 4.79 Å². The van der Waals surface area contributed by atoms with Gasteiger partial charge in [-0.1, -0.05) is 13.8 Å². The predicted octanol–water partition coefficient (Wildman–Crippen LogP) is 1.66. The van der Waals surface area contributed by atoms with Crippen molar-refractivity contribution < 1.29 is 9.53 Å². The topological polar surface area (TPSA) is 55.6 Å². The summed E-state index contributed by atoms with van der Waals surface area (Å²) in [4.78, 5) is 13.3. The highest BCUT2D eigenvalue weighted by Gasteiger charge is 2.13. The third-order valence-electron chi connectivity index (χ3n) is 2.62. The van der Waals surface area contributed by atoms with Crippen LogP contribution >= 0.6 is 12.4 Å². The molecule has 0 aromatic rings. The molecular weight excluding hydrogens is 240 g/mol. The zero-order chi connectivity index (χ0) is 12.7. The summed E-state index contributed by atoms with van der Waals surface area (Å²) in [5.74, 6) is 0.472. The highest BCUT2D eigenvalue weighted by atomic mass is 35.5. The summed E-state index contributed by atoms with van der Waals surface area (Å²) < 4.78 is 5.26. The first kappa shape index (κ1) is 19.0. The van der Waals surface area contributed by atoms with Gasteiger partial charge in [-0.3, -0.25) is 4.79 Å². The van der Waals surface area contributed by atoms with Crippen LogP contribution in [0, 0.1) is 5.92 Å². The van der Waals surface area contributed by atoms with Crippen molar-refractivity contribution in [1.29, 1.82) is 0 Å². The van der Waals surface area contributed by atoms with E-state index < -0.39 is 0 Å². The van der Waals surface area contributed by atoms with Crippen LogP contribution in [0.15, 0.2) is 0 Å². The molecule has 0 saturated heterocycles. The van der Waals surface area contributed by atoms with E-state index in [4.69, 9.17) is 10.5 Å². The van der Waals surface area contributed by atoms with Gasteiger partial charge in [0, 0.05) is 19.6 Å². The van der Waals surface area contributed by atoms with Crippen LogP contribution in [0.3, 0.4) is 0 Å². The van der Waals surface area contributed by atoms with Crippen molar-refractivity contribution in [3.63, 3.8) is 0 Å². The van der Waals surface area contributed by atoms with Gasteiger partial charge < -0.3 is 15.4 Å². The number of ether oxygens (including phenoxy) is 1. The number of nitrogens with zero attached hydrogens (tertiary/aromatic N) is 1. The van der Waals surface area contributed by atoms with Gasteiger partial charge in [0.05, 0.1) is 6.10 Å².